The normalized spacial score (nSPS) is 11.6. The van der Waals surface area contributed by atoms with E-state index in [2.05, 4.69) is 45.0 Å². The van der Waals surface area contributed by atoms with Gasteiger partial charge in [0.2, 0.25) is 0 Å². The fraction of sp³-hybridized carbons (Fsp3) is 0.522. The first-order chi connectivity index (χ1) is 13.5. The number of nitrogens with one attached hydrogen (secondary N) is 1. The van der Waals surface area contributed by atoms with Gasteiger partial charge < -0.3 is 10.1 Å². The van der Waals surface area contributed by atoms with Crippen LogP contribution in [0.2, 0.25) is 0 Å². The maximum atomic E-state index is 12.2. The molecule has 2 rings (SSSR count). The zero-order valence-corrected chi connectivity index (χ0v) is 18.6. The Morgan fingerprint density at radius 2 is 1.76 bits per heavy atom. The lowest BCUT2D eigenvalue weighted by Gasteiger charge is -2.19. The van der Waals surface area contributed by atoms with E-state index >= 15 is 0 Å². The summed E-state index contributed by atoms with van der Waals surface area (Å²) in [6, 6.07) is 7.69. The Labute approximate surface area is 173 Å². The molecule has 1 aromatic carbocycles. The molecular weight excluding hydrogens is 366 g/mol. The fourth-order valence-corrected chi connectivity index (χ4v) is 3.11. The third-order valence-corrected chi connectivity index (χ3v) is 4.79. The highest BCUT2D eigenvalue weighted by molar-refractivity contribution is 5.92. The highest BCUT2D eigenvalue weighted by Gasteiger charge is 2.17. The van der Waals surface area contributed by atoms with E-state index in [0.717, 1.165) is 23.5 Å². The van der Waals surface area contributed by atoms with E-state index in [1.165, 1.54) is 5.56 Å². The number of nitrogens with zero attached hydrogens (tertiary/aromatic N) is 2. The molecule has 0 spiro atoms. The van der Waals surface area contributed by atoms with E-state index in [-0.39, 0.29) is 24.3 Å². The van der Waals surface area contributed by atoms with Gasteiger partial charge in [0.15, 0.2) is 6.61 Å². The van der Waals surface area contributed by atoms with Gasteiger partial charge in [0, 0.05) is 23.5 Å². The number of hydrogen-bond acceptors (Lipinski definition) is 4. The van der Waals surface area contributed by atoms with Gasteiger partial charge in [0.1, 0.15) is 0 Å². The largest absolute Gasteiger partial charge is 0.455 e. The minimum absolute atomic E-state index is 0.0529. The van der Waals surface area contributed by atoms with Gasteiger partial charge in [0.05, 0.1) is 12.1 Å². The Kier molecular flexibility index (Phi) is 7.22. The molecule has 6 heteroatoms. The molecule has 1 amide bonds. The van der Waals surface area contributed by atoms with Crippen LogP contribution in [0.1, 0.15) is 57.1 Å². The molecule has 158 valence electrons. The van der Waals surface area contributed by atoms with Crippen LogP contribution in [0.15, 0.2) is 24.3 Å². The Morgan fingerprint density at radius 3 is 2.31 bits per heavy atom. The maximum absolute atomic E-state index is 12.2. The predicted octanol–water partition coefficient (Wildman–Crippen LogP) is 4.18. The monoisotopic (exact) mass is 399 g/mol. The zero-order chi connectivity index (χ0) is 21.8. The summed E-state index contributed by atoms with van der Waals surface area (Å²) in [6.07, 6.45) is 0.114. The fourth-order valence-electron chi connectivity index (χ4n) is 3.11. The van der Waals surface area contributed by atoms with E-state index in [1.54, 1.807) is 0 Å². The number of anilines is 1. The van der Waals surface area contributed by atoms with Crippen LogP contribution in [0.3, 0.4) is 0 Å². The molecular formula is C23H33N3O3. The molecule has 0 aliphatic carbocycles. The SMILES string of the molecule is Cc1nn(CC(C)C)c(C)c1CC(=O)OCC(=O)Nc1ccc(C(C)(C)C)cc1. The molecule has 1 N–H and O–H groups in total. The topological polar surface area (TPSA) is 73.2 Å². The molecule has 6 nitrogen and oxygen atoms in total. The second-order valence-electron chi connectivity index (χ2n) is 8.94. The predicted molar refractivity (Wildman–Crippen MR) is 115 cm³/mol. The third-order valence-electron chi connectivity index (χ3n) is 4.79. The first-order valence-electron chi connectivity index (χ1n) is 10.1. The number of carbonyl (C=O) groups is 2. The summed E-state index contributed by atoms with van der Waals surface area (Å²) < 4.78 is 7.10. The number of aryl methyl sites for hydroxylation is 1. The van der Waals surface area contributed by atoms with E-state index in [9.17, 15) is 9.59 Å². The zero-order valence-electron chi connectivity index (χ0n) is 18.6. The number of aromatic nitrogens is 2. The molecule has 1 heterocycles. The van der Waals surface area contributed by atoms with Crippen LogP contribution in [-0.4, -0.2) is 28.3 Å². The molecule has 0 saturated heterocycles. The van der Waals surface area contributed by atoms with E-state index in [4.69, 9.17) is 4.74 Å². The van der Waals surface area contributed by atoms with Crippen LogP contribution in [0.25, 0.3) is 0 Å². The highest BCUT2D eigenvalue weighted by Crippen LogP contribution is 2.23. The number of ether oxygens (including phenoxy) is 1. The number of carbonyl (C=O) groups excluding carboxylic acids is 2. The summed E-state index contributed by atoms with van der Waals surface area (Å²) in [5.74, 6) is -0.321. The summed E-state index contributed by atoms with van der Waals surface area (Å²) in [6.45, 7) is 15.0. The second kappa shape index (κ2) is 9.25. The van der Waals surface area contributed by atoms with Crippen LogP contribution in [-0.2, 0) is 32.7 Å². The van der Waals surface area contributed by atoms with Crippen LogP contribution in [0.5, 0.6) is 0 Å². The van der Waals surface area contributed by atoms with Gasteiger partial charge in [-0.25, -0.2) is 0 Å². The van der Waals surface area contributed by atoms with Crippen LogP contribution < -0.4 is 5.32 Å². The Bertz CT molecular complexity index is 859. The number of rotatable bonds is 7. The van der Waals surface area contributed by atoms with Crippen molar-refractivity contribution in [1.29, 1.82) is 0 Å². The van der Waals surface area contributed by atoms with Crippen molar-refractivity contribution in [2.24, 2.45) is 5.92 Å². The first-order valence-corrected chi connectivity index (χ1v) is 10.1. The van der Waals surface area contributed by atoms with Crippen molar-refractivity contribution in [3.8, 4) is 0 Å². The lowest BCUT2D eigenvalue weighted by Crippen LogP contribution is -2.22. The Balaban J connectivity index is 1.88. The number of hydrogen-bond donors (Lipinski definition) is 1. The average Bonchev–Trinajstić information content (AvgIpc) is 2.86. The molecule has 0 atom stereocenters. The summed E-state index contributed by atoms with van der Waals surface area (Å²) in [5.41, 5.74) is 4.58. The first kappa shape index (κ1) is 22.7. The van der Waals surface area contributed by atoms with Crippen LogP contribution in [0.4, 0.5) is 5.69 Å². The lowest BCUT2D eigenvalue weighted by atomic mass is 9.87. The van der Waals surface area contributed by atoms with Crippen molar-refractivity contribution in [2.75, 3.05) is 11.9 Å². The smallest absolute Gasteiger partial charge is 0.310 e. The number of amides is 1. The average molecular weight is 400 g/mol. The van der Waals surface area contributed by atoms with Crippen LogP contribution in [0, 0.1) is 19.8 Å². The Hall–Kier alpha value is -2.63. The molecule has 2 aromatic rings. The summed E-state index contributed by atoms with van der Waals surface area (Å²) >= 11 is 0. The van der Waals surface area contributed by atoms with Gasteiger partial charge in [-0.3, -0.25) is 14.3 Å². The Morgan fingerprint density at radius 1 is 1.14 bits per heavy atom. The molecule has 0 fully saturated rings. The highest BCUT2D eigenvalue weighted by atomic mass is 16.5. The van der Waals surface area contributed by atoms with Gasteiger partial charge in [-0.15, -0.1) is 0 Å². The molecule has 1 aromatic heterocycles. The van der Waals surface area contributed by atoms with E-state index in [0.29, 0.717) is 11.6 Å². The summed E-state index contributed by atoms with van der Waals surface area (Å²) in [7, 11) is 0. The molecule has 29 heavy (non-hydrogen) atoms. The van der Waals surface area contributed by atoms with Gasteiger partial charge in [-0.05, 0) is 42.9 Å². The van der Waals surface area contributed by atoms with Crippen molar-refractivity contribution in [3.63, 3.8) is 0 Å². The van der Waals surface area contributed by atoms with Gasteiger partial charge in [-0.2, -0.15) is 5.10 Å². The number of benzene rings is 1. The molecule has 0 bridgehead atoms. The quantitative estimate of drug-likeness (QED) is 0.709. The standard InChI is InChI=1S/C23H33N3O3/c1-15(2)13-26-17(4)20(16(3)25-26)12-22(28)29-14-21(27)24-19-10-8-18(9-11-19)23(5,6)7/h8-11,15H,12-14H2,1-7H3,(H,24,27). The molecule has 0 radical (unpaired) electrons. The van der Waals surface area contributed by atoms with Gasteiger partial charge in [0.25, 0.3) is 5.91 Å². The maximum Gasteiger partial charge on any atom is 0.310 e. The lowest BCUT2D eigenvalue weighted by molar-refractivity contribution is -0.146. The molecule has 0 aliphatic heterocycles. The van der Waals surface area contributed by atoms with E-state index in [1.807, 2.05) is 42.8 Å². The van der Waals surface area contributed by atoms with E-state index < -0.39 is 5.97 Å². The van der Waals surface area contributed by atoms with Gasteiger partial charge in [-0.1, -0.05) is 46.8 Å². The van der Waals surface area contributed by atoms with Crippen molar-refractivity contribution < 1.29 is 14.3 Å². The molecule has 0 unspecified atom stereocenters. The minimum atomic E-state index is -0.432. The molecule has 0 aliphatic rings. The van der Waals surface area contributed by atoms with Crippen molar-refractivity contribution in [1.82, 2.24) is 9.78 Å². The van der Waals surface area contributed by atoms with Crippen LogP contribution >= 0.6 is 0 Å². The number of esters is 1. The minimum Gasteiger partial charge on any atom is -0.455 e. The van der Waals surface area contributed by atoms with Gasteiger partial charge >= 0.3 is 5.97 Å². The third kappa shape index (κ3) is 6.44. The van der Waals surface area contributed by atoms with Crippen molar-refractivity contribution >= 4 is 17.6 Å². The summed E-state index contributed by atoms with van der Waals surface area (Å²) in [5, 5.41) is 7.26. The van der Waals surface area contributed by atoms with Crippen molar-refractivity contribution in [2.45, 2.75) is 66.8 Å². The van der Waals surface area contributed by atoms with Crippen molar-refractivity contribution in [3.05, 3.63) is 46.8 Å². The summed E-state index contributed by atoms with van der Waals surface area (Å²) in [4.78, 5) is 24.3. The second-order valence-corrected chi connectivity index (χ2v) is 8.94. The molecule has 0 saturated carbocycles.